The molecule has 0 aromatic heterocycles. The van der Waals surface area contributed by atoms with E-state index in [4.69, 9.17) is 0 Å². The highest BCUT2D eigenvalue weighted by atomic mass is 31.2. The lowest BCUT2D eigenvalue weighted by atomic mass is 10.1. The molecule has 234 valence electrons. The van der Waals surface area contributed by atoms with Gasteiger partial charge in [0.2, 0.25) is 0 Å². The fraction of sp³-hybridized carbons (Fsp3) is 0.314. The molecular weight excluding hydrogens is 597 g/mol. The molecular formula is C35H36F6O2P+. The molecule has 0 spiro atoms. The van der Waals surface area contributed by atoms with E-state index in [2.05, 4.69) is 9.47 Å². The van der Waals surface area contributed by atoms with Gasteiger partial charge in [-0.1, -0.05) is 53.1 Å². The van der Waals surface area contributed by atoms with Crippen molar-refractivity contribution in [3.63, 3.8) is 0 Å². The highest BCUT2D eigenvalue weighted by Crippen LogP contribution is 2.59. The third kappa shape index (κ3) is 6.61. The van der Waals surface area contributed by atoms with Crippen LogP contribution in [0.1, 0.15) is 50.1 Å². The van der Waals surface area contributed by atoms with Gasteiger partial charge in [-0.2, -0.15) is 0 Å². The molecule has 2 nitrogen and oxygen atoms in total. The smallest absolute Gasteiger partial charge is 0.405 e. The third-order valence-electron chi connectivity index (χ3n) is 7.63. The maximum Gasteiger partial charge on any atom is 0.573 e. The van der Waals surface area contributed by atoms with Crippen LogP contribution >= 0.6 is 7.26 Å². The van der Waals surface area contributed by atoms with Crippen molar-refractivity contribution in [3.8, 4) is 11.5 Å². The summed E-state index contributed by atoms with van der Waals surface area (Å²) < 4.78 is 90.5. The molecule has 0 aliphatic rings. The summed E-state index contributed by atoms with van der Waals surface area (Å²) in [7, 11) is -3.27. The van der Waals surface area contributed by atoms with Gasteiger partial charge < -0.3 is 9.47 Å². The largest absolute Gasteiger partial charge is 0.573 e. The molecule has 0 radical (unpaired) electrons. The Labute approximate surface area is 255 Å². The Bertz CT molecular complexity index is 1490. The standard InChI is InChI=1S/C35H36F6O2P/c1-19-10-22(4)31(23(5)11-19)44(32-24(6)12-20(2)13-25(32)7,33-26(8)14-21(3)15-27(33)9)30-17-28(42-34(36,37)38)16-29(18-30)43-35(39,40)41/h10-18H,1-9H3/q+1. The molecule has 9 heteroatoms. The lowest BCUT2D eigenvalue weighted by molar-refractivity contribution is -0.276. The van der Waals surface area contributed by atoms with Crippen LogP contribution in [-0.2, 0) is 0 Å². The van der Waals surface area contributed by atoms with Crippen LogP contribution in [0.25, 0.3) is 0 Å². The van der Waals surface area contributed by atoms with E-state index in [0.717, 1.165) is 66.0 Å². The average molecular weight is 634 g/mol. The number of hydrogen-bond donors (Lipinski definition) is 0. The number of benzene rings is 4. The molecule has 0 aliphatic carbocycles. The summed E-state index contributed by atoms with van der Waals surface area (Å²) in [5.74, 6) is -1.57. The molecule has 44 heavy (non-hydrogen) atoms. The van der Waals surface area contributed by atoms with Gasteiger partial charge in [-0.15, -0.1) is 26.3 Å². The molecule has 0 N–H and O–H groups in total. The molecule has 0 saturated heterocycles. The molecule has 0 unspecified atom stereocenters. The van der Waals surface area contributed by atoms with Gasteiger partial charge in [0, 0.05) is 18.2 Å². The van der Waals surface area contributed by atoms with E-state index < -0.39 is 31.5 Å². The number of rotatable bonds is 6. The Kier molecular flexibility index (Phi) is 8.93. The van der Waals surface area contributed by atoms with Crippen molar-refractivity contribution in [2.75, 3.05) is 0 Å². The first-order valence-electron chi connectivity index (χ1n) is 14.0. The van der Waals surface area contributed by atoms with Crippen molar-refractivity contribution in [3.05, 3.63) is 105 Å². The van der Waals surface area contributed by atoms with Gasteiger partial charge in [-0.3, -0.25) is 0 Å². The van der Waals surface area contributed by atoms with E-state index >= 15 is 0 Å². The Morgan fingerprint density at radius 1 is 0.409 bits per heavy atom. The Balaban J connectivity index is 2.39. The second kappa shape index (κ2) is 11.8. The molecule has 0 atom stereocenters. The van der Waals surface area contributed by atoms with Crippen molar-refractivity contribution in [2.45, 2.75) is 75.0 Å². The summed E-state index contributed by atoms with van der Waals surface area (Å²) in [6.45, 7) is 17.6. The first-order chi connectivity index (χ1) is 20.2. The van der Waals surface area contributed by atoms with Crippen LogP contribution in [0.2, 0.25) is 0 Å². The number of halogens is 6. The third-order valence-corrected chi connectivity index (χ3v) is 12.8. The predicted molar refractivity (Wildman–Crippen MR) is 167 cm³/mol. The zero-order valence-electron chi connectivity index (χ0n) is 26.2. The lowest BCUT2D eigenvalue weighted by Gasteiger charge is -2.35. The molecule has 0 heterocycles. The van der Waals surface area contributed by atoms with E-state index in [0.29, 0.717) is 6.07 Å². The van der Waals surface area contributed by atoms with E-state index in [1.165, 1.54) is 12.1 Å². The quantitative estimate of drug-likeness (QED) is 0.156. The summed E-state index contributed by atoms with van der Waals surface area (Å²) in [5.41, 5.74) is 8.28. The highest BCUT2D eigenvalue weighted by molar-refractivity contribution is 8.02. The van der Waals surface area contributed by atoms with Gasteiger partial charge in [0.1, 0.15) is 40.0 Å². The van der Waals surface area contributed by atoms with Crippen molar-refractivity contribution in [1.82, 2.24) is 0 Å². The van der Waals surface area contributed by atoms with Crippen molar-refractivity contribution >= 4 is 28.5 Å². The van der Waals surface area contributed by atoms with Crippen LogP contribution < -0.4 is 30.7 Å². The Morgan fingerprint density at radius 2 is 0.659 bits per heavy atom. The van der Waals surface area contributed by atoms with Gasteiger partial charge in [0.25, 0.3) is 0 Å². The van der Waals surface area contributed by atoms with Crippen molar-refractivity contribution in [2.24, 2.45) is 0 Å². The Morgan fingerprint density at radius 3 is 0.886 bits per heavy atom. The van der Waals surface area contributed by atoms with Gasteiger partial charge in [0.15, 0.2) is 0 Å². The summed E-state index contributed by atoms with van der Waals surface area (Å²) in [6, 6.07) is 15.2. The fourth-order valence-corrected chi connectivity index (χ4v) is 12.6. The maximum absolute atomic E-state index is 13.6. The van der Waals surface area contributed by atoms with E-state index in [1.807, 2.05) is 98.7 Å². The molecule has 0 aliphatic heterocycles. The van der Waals surface area contributed by atoms with Crippen LogP contribution in [0.4, 0.5) is 26.3 Å². The molecule has 0 saturated carbocycles. The van der Waals surface area contributed by atoms with Crippen LogP contribution in [0.15, 0.2) is 54.6 Å². The van der Waals surface area contributed by atoms with Crippen molar-refractivity contribution < 1.29 is 35.8 Å². The maximum atomic E-state index is 13.6. The molecule has 4 aromatic rings. The van der Waals surface area contributed by atoms with E-state index in [9.17, 15) is 26.3 Å². The Hall–Kier alpha value is -3.51. The van der Waals surface area contributed by atoms with Gasteiger partial charge >= 0.3 is 12.7 Å². The van der Waals surface area contributed by atoms with E-state index in [1.54, 1.807) is 0 Å². The number of hydrogen-bond acceptors (Lipinski definition) is 2. The SMILES string of the molecule is Cc1cc(C)c([P+](c2cc(OC(F)(F)F)cc(OC(F)(F)F)c2)(c2c(C)cc(C)cc2C)c2c(C)cc(C)cc2C)c(C)c1. The molecule has 4 rings (SSSR count). The predicted octanol–water partition coefficient (Wildman–Crippen LogP) is 8.88. The zero-order chi connectivity index (χ0) is 32.9. The molecule has 0 bridgehead atoms. The second-order valence-corrected chi connectivity index (χ2v) is 14.9. The van der Waals surface area contributed by atoms with Crippen LogP contribution in [0, 0.1) is 62.3 Å². The minimum atomic E-state index is -5.14. The van der Waals surface area contributed by atoms with Crippen LogP contribution in [0.5, 0.6) is 11.5 Å². The minimum Gasteiger partial charge on any atom is -0.405 e. The molecule has 4 aromatic carbocycles. The fourth-order valence-electron chi connectivity index (χ4n) is 6.96. The topological polar surface area (TPSA) is 18.5 Å². The average Bonchev–Trinajstić information content (AvgIpc) is 2.79. The first-order valence-corrected chi connectivity index (χ1v) is 15.8. The summed E-state index contributed by atoms with van der Waals surface area (Å²) >= 11 is 0. The van der Waals surface area contributed by atoms with Crippen LogP contribution in [0.3, 0.4) is 0 Å². The van der Waals surface area contributed by atoms with Crippen molar-refractivity contribution in [1.29, 1.82) is 0 Å². The lowest BCUT2D eigenvalue weighted by Crippen LogP contribution is -2.44. The highest BCUT2D eigenvalue weighted by Gasteiger charge is 2.54. The molecule has 0 fully saturated rings. The molecule has 0 amide bonds. The number of aryl methyl sites for hydroxylation is 9. The van der Waals surface area contributed by atoms with Gasteiger partial charge in [0.05, 0.1) is 0 Å². The minimum absolute atomic E-state index is 0.263. The second-order valence-electron chi connectivity index (χ2n) is 11.7. The zero-order valence-corrected chi connectivity index (χ0v) is 27.1. The van der Waals surface area contributed by atoms with Gasteiger partial charge in [-0.05, 0) is 95.7 Å². The normalized spacial score (nSPS) is 12.4. The van der Waals surface area contributed by atoms with Crippen LogP contribution in [-0.4, -0.2) is 12.7 Å². The summed E-state index contributed by atoms with van der Waals surface area (Å²) in [5, 5.41) is 2.87. The number of ether oxygens (including phenoxy) is 2. The number of alkyl halides is 6. The van der Waals surface area contributed by atoms with E-state index in [-0.39, 0.29) is 5.30 Å². The summed E-state index contributed by atoms with van der Waals surface area (Å²) in [4.78, 5) is 0. The monoisotopic (exact) mass is 633 g/mol. The summed E-state index contributed by atoms with van der Waals surface area (Å²) in [6.07, 6.45) is -10.3. The first kappa shape index (κ1) is 33.4. The van der Waals surface area contributed by atoms with Gasteiger partial charge in [-0.25, -0.2) is 0 Å².